The lowest BCUT2D eigenvalue weighted by Crippen LogP contribution is -2.49. The van der Waals surface area contributed by atoms with Crippen molar-refractivity contribution in [3.05, 3.63) is 18.2 Å². The van der Waals surface area contributed by atoms with Gasteiger partial charge in [0.1, 0.15) is 19.3 Å². The second kappa shape index (κ2) is 10.1. The molecular formula is C19H30N2O6S. The van der Waals surface area contributed by atoms with Crippen LogP contribution in [0.25, 0.3) is 0 Å². The Balaban J connectivity index is 2.01. The maximum atomic E-state index is 12.8. The molecule has 1 amide bonds. The molecule has 1 aliphatic rings. The first-order chi connectivity index (χ1) is 13.2. The molecule has 0 aromatic heterocycles. The fourth-order valence-electron chi connectivity index (χ4n) is 2.63. The molecule has 2 rings (SSSR count). The third-order valence-corrected chi connectivity index (χ3v) is 5.57. The van der Waals surface area contributed by atoms with Crippen LogP contribution in [0.3, 0.4) is 0 Å². The van der Waals surface area contributed by atoms with Crippen molar-refractivity contribution in [1.29, 1.82) is 0 Å². The molecule has 8 nitrogen and oxygen atoms in total. The molecule has 0 spiro atoms. The third kappa shape index (κ3) is 6.35. The van der Waals surface area contributed by atoms with E-state index in [2.05, 4.69) is 10.0 Å². The third-order valence-electron chi connectivity index (χ3n) is 4.13. The van der Waals surface area contributed by atoms with E-state index in [0.717, 1.165) is 0 Å². The number of carbonyl (C=O) groups excluding carboxylic acids is 1. The highest BCUT2D eigenvalue weighted by Crippen LogP contribution is 2.32. The molecule has 0 saturated carbocycles. The number of nitrogens with one attached hydrogen (secondary N) is 2. The highest BCUT2D eigenvalue weighted by Gasteiger charge is 2.29. The first-order valence-corrected chi connectivity index (χ1v) is 11.0. The van der Waals surface area contributed by atoms with E-state index in [9.17, 15) is 13.2 Å². The fraction of sp³-hybridized carbons (Fsp3) is 0.632. The van der Waals surface area contributed by atoms with Gasteiger partial charge in [-0.2, -0.15) is 4.72 Å². The van der Waals surface area contributed by atoms with Crippen LogP contribution in [-0.2, 0) is 19.6 Å². The van der Waals surface area contributed by atoms with E-state index in [1.807, 2.05) is 13.8 Å². The Kier molecular flexibility index (Phi) is 8.09. The van der Waals surface area contributed by atoms with Gasteiger partial charge in [0.2, 0.25) is 15.9 Å². The summed E-state index contributed by atoms with van der Waals surface area (Å²) in [6.45, 7) is 9.21. The zero-order valence-electron chi connectivity index (χ0n) is 16.9. The first-order valence-electron chi connectivity index (χ1n) is 9.52. The van der Waals surface area contributed by atoms with E-state index in [4.69, 9.17) is 14.2 Å². The zero-order valence-corrected chi connectivity index (χ0v) is 17.7. The molecular weight excluding hydrogens is 384 g/mol. The minimum Gasteiger partial charge on any atom is -0.486 e. The molecule has 2 N–H and O–H groups in total. The number of hydrogen-bond acceptors (Lipinski definition) is 6. The Morgan fingerprint density at radius 3 is 2.46 bits per heavy atom. The number of ether oxygens (including phenoxy) is 3. The zero-order chi connectivity index (χ0) is 20.7. The van der Waals surface area contributed by atoms with Crippen molar-refractivity contribution in [2.75, 3.05) is 26.4 Å². The van der Waals surface area contributed by atoms with Gasteiger partial charge in [0, 0.05) is 19.2 Å². The molecule has 0 aliphatic carbocycles. The number of rotatable bonds is 10. The largest absolute Gasteiger partial charge is 0.486 e. The summed E-state index contributed by atoms with van der Waals surface area (Å²) in [4.78, 5) is 12.5. The predicted molar refractivity (Wildman–Crippen MR) is 105 cm³/mol. The molecule has 28 heavy (non-hydrogen) atoms. The van der Waals surface area contributed by atoms with Gasteiger partial charge < -0.3 is 19.5 Å². The molecule has 1 heterocycles. The van der Waals surface area contributed by atoms with E-state index in [0.29, 0.717) is 44.3 Å². The van der Waals surface area contributed by atoms with Gasteiger partial charge in [0.25, 0.3) is 0 Å². The number of sulfonamides is 1. The summed E-state index contributed by atoms with van der Waals surface area (Å²) in [5.74, 6) is 0.302. The van der Waals surface area contributed by atoms with Crippen LogP contribution in [0.1, 0.15) is 34.1 Å². The number of carbonyl (C=O) groups is 1. The lowest BCUT2D eigenvalue weighted by atomic mass is 10.1. The first kappa shape index (κ1) is 22.4. The molecule has 158 valence electrons. The van der Waals surface area contributed by atoms with E-state index in [1.165, 1.54) is 12.1 Å². The van der Waals surface area contributed by atoms with Crippen molar-refractivity contribution in [1.82, 2.24) is 10.0 Å². The van der Waals surface area contributed by atoms with Crippen molar-refractivity contribution >= 4 is 15.9 Å². The van der Waals surface area contributed by atoms with Crippen molar-refractivity contribution in [2.45, 2.75) is 51.2 Å². The van der Waals surface area contributed by atoms with Crippen LogP contribution in [0.15, 0.2) is 23.1 Å². The quantitative estimate of drug-likeness (QED) is 0.565. The fourth-order valence-corrected chi connectivity index (χ4v) is 3.99. The van der Waals surface area contributed by atoms with Gasteiger partial charge in [-0.05, 0) is 38.3 Å². The van der Waals surface area contributed by atoms with Crippen LogP contribution in [0.2, 0.25) is 0 Å². The molecule has 0 radical (unpaired) electrons. The molecule has 0 fully saturated rings. The Labute approximate surface area is 167 Å². The molecule has 1 aliphatic heterocycles. The van der Waals surface area contributed by atoms with E-state index in [-0.39, 0.29) is 22.8 Å². The molecule has 0 saturated heterocycles. The minimum atomic E-state index is -3.90. The molecule has 0 unspecified atom stereocenters. The van der Waals surface area contributed by atoms with E-state index < -0.39 is 16.1 Å². The summed E-state index contributed by atoms with van der Waals surface area (Å²) < 4.78 is 44.4. The molecule has 1 aromatic carbocycles. The van der Waals surface area contributed by atoms with Crippen LogP contribution in [0.5, 0.6) is 11.5 Å². The van der Waals surface area contributed by atoms with Crippen LogP contribution >= 0.6 is 0 Å². The van der Waals surface area contributed by atoms with Gasteiger partial charge in [-0.25, -0.2) is 8.42 Å². The van der Waals surface area contributed by atoms with Gasteiger partial charge in [-0.1, -0.05) is 13.8 Å². The van der Waals surface area contributed by atoms with Gasteiger partial charge in [0.05, 0.1) is 11.0 Å². The SMILES string of the molecule is CC(C)OCCCNC(=O)[C@@H](NS(=O)(=O)c1ccc2c(c1)OCCO2)C(C)C. The smallest absolute Gasteiger partial charge is 0.241 e. The van der Waals surface area contributed by atoms with Gasteiger partial charge >= 0.3 is 0 Å². The Bertz CT molecular complexity index is 764. The number of hydrogen-bond donors (Lipinski definition) is 2. The summed E-state index contributed by atoms with van der Waals surface area (Å²) in [7, 11) is -3.90. The van der Waals surface area contributed by atoms with Crippen molar-refractivity contribution < 1.29 is 27.4 Å². The Hall–Kier alpha value is -1.84. The Morgan fingerprint density at radius 2 is 1.82 bits per heavy atom. The van der Waals surface area contributed by atoms with Crippen molar-refractivity contribution in [3.8, 4) is 11.5 Å². The highest BCUT2D eigenvalue weighted by atomic mass is 32.2. The second-order valence-corrected chi connectivity index (χ2v) is 8.93. The molecule has 1 aromatic rings. The number of fused-ring (bicyclic) bond motifs is 1. The average Bonchev–Trinajstić information content (AvgIpc) is 2.64. The number of amides is 1. The van der Waals surface area contributed by atoms with Gasteiger partial charge in [-0.3, -0.25) is 4.79 Å². The van der Waals surface area contributed by atoms with Crippen LogP contribution in [-0.4, -0.2) is 52.8 Å². The predicted octanol–water partition coefficient (Wildman–Crippen LogP) is 1.69. The van der Waals surface area contributed by atoms with Crippen molar-refractivity contribution in [3.63, 3.8) is 0 Å². The highest BCUT2D eigenvalue weighted by molar-refractivity contribution is 7.89. The lowest BCUT2D eigenvalue weighted by molar-refractivity contribution is -0.123. The molecule has 1 atom stereocenters. The summed E-state index contributed by atoms with van der Waals surface area (Å²) >= 11 is 0. The maximum Gasteiger partial charge on any atom is 0.241 e. The topological polar surface area (TPSA) is 103 Å². The average molecular weight is 415 g/mol. The van der Waals surface area contributed by atoms with Crippen LogP contribution < -0.4 is 19.5 Å². The molecule has 9 heteroatoms. The number of benzene rings is 1. The molecule has 0 bridgehead atoms. The summed E-state index contributed by atoms with van der Waals surface area (Å²) in [5.41, 5.74) is 0. The summed E-state index contributed by atoms with van der Waals surface area (Å²) in [6.07, 6.45) is 0.792. The van der Waals surface area contributed by atoms with E-state index >= 15 is 0 Å². The van der Waals surface area contributed by atoms with Gasteiger partial charge in [-0.15, -0.1) is 0 Å². The van der Waals surface area contributed by atoms with E-state index in [1.54, 1.807) is 19.9 Å². The normalized spacial score (nSPS) is 14.9. The van der Waals surface area contributed by atoms with Crippen LogP contribution in [0.4, 0.5) is 0 Å². The Morgan fingerprint density at radius 1 is 1.14 bits per heavy atom. The van der Waals surface area contributed by atoms with Crippen LogP contribution in [0, 0.1) is 5.92 Å². The van der Waals surface area contributed by atoms with Gasteiger partial charge in [0.15, 0.2) is 11.5 Å². The summed E-state index contributed by atoms with van der Waals surface area (Å²) in [6, 6.07) is 3.52. The minimum absolute atomic E-state index is 0.0283. The second-order valence-electron chi connectivity index (χ2n) is 7.21. The maximum absolute atomic E-state index is 12.8. The van der Waals surface area contributed by atoms with Crippen molar-refractivity contribution in [2.24, 2.45) is 5.92 Å². The summed E-state index contributed by atoms with van der Waals surface area (Å²) in [5, 5.41) is 2.77. The monoisotopic (exact) mass is 414 g/mol. The standard InChI is InChI=1S/C19H30N2O6S/c1-13(2)18(19(22)20-8-5-9-25-14(3)4)21-28(23,24)15-6-7-16-17(12-15)27-11-10-26-16/h6-7,12-14,18,21H,5,8-11H2,1-4H3,(H,20,22)/t18-/m0/s1. The lowest BCUT2D eigenvalue weighted by Gasteiger charge is -2.23.